The molecule has 3 heteroatoms. The Bertz CT molecular complexity index is 631. The monoisotopic (exact) mass is 283 g/mol. The van der Waals surface area contributed by atoms with Crippen molar-refractivity contribution in [3.8, 4) is 0 Å². The largest absolute Gasteiger partial charge is 0.343 e. The molecule has 0 aromatic carbocycles. The number of pyridine rings is 1. The lowest BCUT2D eigenvalue weighted by molar-refractivity contribution is 0.134. The van der Waals surface area contributed by atoms with E-state index in [4.69, 9.17) is 0 Å². The van der Waals surface area contributed by atoms with E-state index in [1.807, 2.05) is 6.20 Å². The molecule has 1 aliphatic carbocycles. The predicted molar refractivity (Wildman–Crippen MR) is 86.3 cm³/mol. The number of aromatic nitrogens is 2. The van der Waals surface area contributed by atoms with Gasteiger partial charge in [0.2, 0.25) is 0 Å². The molecule has 3 heterocycles. The van der Waals surface area contributed by atoms with Crippen LogP contribution in [0, 0.1) is 11.8 Å². The van der Waals surface area contributed by atoms with Gasteiger partial charge in [-0.05, 0) is 54.7 Å². The third kappa shape index (κ3) is 2.59. The highest BCUT2D eigenvalue weighted by atomic mass is 15.1. The molecule has 3 nitrogen and oxygen atoms in total. The number of likely N-dealkylation sites (tertiary alicyclic amines) is 1. The number of hydrogen-bond acceptors (Lipinski definition) is 2. The fourth-order valence-corrected chi connectivity index (χ4v) is 4.13. The van der Waals surface area contributed by atoms with E-state index in [1.165, 1.54) is 49.0 Å². The number of nitrogens with one attached hydrogen (secondary N) is 1. The number of aromatic amines is 1. The average Bonchev–Trinajstić information content (AvgIpc) is 3.22. The van der Waals surface area contributed by atoms with Crippen molar-refractivity contribution in [2.75, 3.05) is 13.1 Å². The Labute approximate surface area is 126 Å². The molecule has 112 valence electrons. The van der Waals surface area contributed by atoms with Gasteiger partial charge in [-0.15, -0.1) is 0 Å². The van der Waals surface area contributed by atoms with Crippen LogP contribution in [0.4, 0.5) is 0 Å². The zero-order chi connectivity index (χ0) is 14.4. The second-order valence-electron chi connectivity index (χ2n) is 7.33. The van der Waals surface area contributed by atoms with Gasteiger partial charge >= 0.3 is 0 Å². The maximum atomic E-state index is 4.52. The minimum Gasteiger partial charge on any atom is -0.343 e. The Kier molecular flexibility index (Phi) is 3.26. The molecule has 2 aliphatic rings. The van der Waals surface area contributed by atoms with Crippen LogP contribution in [-0.2, 0) is 6.54 Å². The minimum atomic E-state index is 0.758. The highest BCUT2D eigenvalue weighted by Gasteiger charge is 2.30. The van der Waals surface area contributed by atoms with Gasteiger partial charge < -0.3 is 4.98 Å². The summed E-state index contributed by atoms with van der Waals surface area (Å²) in [4.78, 5) is 10.8. The van der Waals surface area contributed by atoms with Crippen LogP contribution in [0.3, 0.4) is 0 Å². The second-order valence-corrected chi connectivity index (χ2v) is 7.33. The van der Waals surface area contributed by atoms with Gasteiger partial charge in [0, 0.05) is 36.9 Å². The van der Waals surface area contributed by atoms with Crippen molar-refractivity contribution in [3.05, 3.63) is 29.6 Å². The van der Waals surface area contributed by atoms with Crippen LogP contribution in [0.1, 0.15) is 50.3 Å². The molecular weight excluding hydrogens is 258 g/mol. The molecule has 21 heavy (non-hydrogen) atoms. The summed E-state index contributed by atoms with van der Waals surface area (Å²) < 4.78 is 0. The first-order valence-corrected chi connectivity index (χ1v) is 8.38. The molecule has 0 amide bonds. The van der Waals surface area contributed by atoms with E-state index in [1.54, 1.807) is 0 Å². The molecule has 1 aliphatic heterocycles. The van der Waals surface area contributed by atoms with Gasteiger partial charge in [0.05, 0.1) is 0 Å². The van der Waals surface area contributed by atoms with Gasteiger partial charge in [-0.2, -0.15) is 0 Å². The number of hydrogen-bond donors (Lipinski definition) is 1. The standard InChI is InChI=1S/C18H25N3/c1-12-8-13(2)10-21(9-12)11-16-15-4-3-7-19-18(15)20-17(16)14-5-6-14/h3-4,7,12-14H,5-6,8-11H2,1-2H3,(H,19,20). The maximum Gasteiger partial charge on any atom is 0.137 e. The van der Waals surface area contributed by atoms with Gasteiger partial charge in [-0.3, -0.25) is 4.90 Å². The lowest BCUT2D eigenvalue weighted by atomic mass is 9.91. The first kappa shape index (κ1) is 13.3. The molecule has 1 saturated carbocycles. The molecule has 2 aromatic heterocycles. The van der Waals surface area contributed by atoms with Crippen LogP contribution in [-0.4, -0.2) is 28.0 Å². The van der Waals surface area contributed by atoms with Crippen molar-refractivity contribution >= 4 is 11.0 Å². The third-order valence-corrected chi connectivity index (χ3v) is 5.02. The Balaban J connectivity index is 1.67. The molecule has 2 atom stereocenters. The zero-order valence-corrected chi connectivity index (χ0v) is 13.1. The molecule has 4 rings (SSSR count). The SMILES string of the molecule is CC1CC(C)CN(Cc2c(C3CC3)[nH]c3ncccc23)C1. The van der Waals surface area contributed by atoms with Crippen LogP contribution in [0.2, 0.25) is 0 Å². The summed E-state index contributed by atoms with van der Waals surface area (Å²) in [5.74, 6) is 2.40. The van der Waals surface area contributed by atoms with E-state index in [0.717, 1.165) is 29.9 Å². The van der Waals surface area contributed by atoms with Crippen LogP contribution in [0.5, 0.6) is 0 Å². The number of fused-ring (bicyclic) bond motifs is 1. The van der Waals surface area contributed by atoms with Crippen LogP contribution >= 0.6 is 0 Å². The number of piperidine rings is 1. The van der Waals surface area contributed by atoms with Crippen molar-refractivity contribution in [3.63, 3.8) is 0 Å². The molecule has 2 unspecified atom stereocenters. The second kappa shape index (κ2) is 5.13. The Morgan fingerprint density at radius 3 is 2.71 bits per heavy atom. The average molecular weight is 283 g/mol. The molecule has 2 fully saturated rings. The quantitative estimate of drug-likeness (QED) is 0.926. The van der Waals surface area contributed by atoms with Crippen molar-refractivity contribution in [2.24, 2.45) is 11.8 Å². The van der Waals surface area contributed by atoms with Gasteiger partial charge in [0.25, 0.3) is 0 Å². The minimum absolute atomic E-state index is 0.758. The summed E-state index contributed by atoms with van der Waals surface area (Å²) in [6, 6.07) is 4.30. The Hall–Kier alpha value is -1.35. The van der Waals surface area contributed by atoms with Gasteiger partial charge in [0.15, 0.2) is 0 Å². The summed E-state index contributed by atoms with van der Waals surface area (Å²) in [6.07, 6.45) is 5.95. The highest BCUT2D eigenvalue weighted by Crippen LogP contribution is 2.43. The Morgan fingerprint density at radius 2 is 2.00 bits per heavy atom. The number of H-pyrrole nitrogens is 1. The summed E-state index contributed by atoms with van der Waals surface area (Å²) in [6.45, 7) is 8.34. The molecule has 0 radical (unpaired) electrons. The van der Waals surface area contributed by atoms with Crippen molar-refractivity contribution in [2.45, 2.75) is 45.6 Å². The van der Waals surface area contributed by atoms with Crippen LogP contribution in [0.25, 0.3) is 11.0 Å². The molecular formula is C18H25N3. The third-order valence-electron chi connectivity index (χ3n) is 5.02. The summed E-state index contributed by atoms with van der Waals surface area (Å²) in [5.41, 5.74) is 4.06. The highest BCUT2D eigenvalue weighted by molar-refractivity contribution is 5.81. The number of nitrogens with zero attached hydrogens (tertiary/aromatic N) is 2. The normalized spacial score (nSPS) is 27.3. The van der Waals surface area contributed by atoms with E-state index in [9.17, 15) is 0 Å². The smallest absolute Gasteiger partial charge is 0.137 e. The van der Waals surface area contributed by atoms with Gasteiger partial charge in [-0.25, -0.2) is 4.98 Å². The van der Waals surface area contributed by atoms with Crippen molar-refractivity contribution < 1.29 is 0 Å². The maximum absolute atomic E-state index is 4.52. The van der Waals surface area contributed by atoms with Crippen LogP contribution < -0.4 is 0 Å². The summed E-state index contributed by atoms with van der Waals surface area (Å²) in [7, 11) is 0. The molecule has 0 spiro atoms. The fraction of sp³-hybridized carbons (Fsp3) is 0.611. The lowest BCUT2D eigenvalue weighted by Gasteiger charge is -2.35. The molecule has 2 aromatic rings. The summed E-state index contributed by atoms with van der Waals surface area (Å²) >= 11 is 0. The van der Waals surface area contributed by atoms with Gasteiger partial charge in [0.1, 0.15) is 5.65 Å². The molecule has 0 bridgehead atoms. The van der Waals surface area contributed by atoms with E-state index in [-0.39, 0.29) is 0 Å². The van der Waals surface area contributed by atoms with E-state index in [0.29, 0.717) is 0 Å². The summed E-state index contributed by atoms with van der Waals surface area (Å²) in [5, 5.41) is 1.34. The molecule has 1 N–H and O–H groups in total. The zero-order valence-electron chi connectivity index (χ0n) is 13.1. The molecule has 1 saturated heterocycles. The van der Waals surface area contributed by atoms with Crippen molar-refractivity contribution in [1.29, 1.82) is 0 Å². The van der Waals surface area contributed by atoms with Crippen LogP contribution in [0.15, 0.2) is 18.3 Å². The fourth-order valence-electron chi connectivity index (χ4n) is 4.13. The predicted octanol–water partition coefficient (Wildman–Crippen LogP) is 3.92. The first-order chi connectivity index (χ1) is 10.2. The van der Waals surface area contributed by atoms with E-state index in [2.05, 4.69) is 40.8 Å². The van der Waals surface area contributed by atoms with E-state index >= 15 is 0 Å². The first-order valence-electron chi connectivity index (χ1n) is 8.38. The Morgan fingerprint density at radius 1 is 1.24 bits per heavy atom. The lowest BCUT2D eigenvalue weighted by Crippen LogP contribution is -2.38. The number of rotatable bonds is 3. The van der Waals surface area contributed by atoms with Crippen molar-refractivity contribution in [1.82, 2.24) is 14.9 Å². The topological polar surface area (TPSA) is 31.9 Å². The van der Waals surface area contributed by atoms with E-state index < -0.39 is 0 Å². The van der Waals surface area contributed by atoms with Gasteiger partial charge in [-0.1, -0.05) is 13.8 Å².